The van der Waals surface area contributed by atoms with Crippen LogP contribution in [0.4, 0.5) is 0 Å². The van der Waals surface area contributed by atoms with Gasteiger partial charge >= 0.3 is 11.9 Å². The van der Waals surface area contributed by atoms with Crippen molar-refractivity contribution in [2.24, 2.45) is 0 Å². The Morgan fingerprint density at radius 2 is 1.87 bits per heavy atom. The Morgan fingerprint density at radius 3 is 2.07 bits per heavy atom. The molecule has 0 aliphatic heterocycles. The smallest absolute Gasteiger partial charge is 0.360 e. The highest BCUT2D eigenvalue weighted by Crippen LogP contribution is 2.22. The van der Waals surface area contributed by atoms with Crippen LogP contribution >= 0.6 is 0 Å². The largest absolute Gasteiger partial charge is 1.00 e. The van der Waals surface area contributed by atoms with Crippen LogP contribution in [0.5, 0.6) is 0 Å². The van der Waals surface area contributed by atoms with Gasteiger partial charge in [-0.3, -0.25) is 4.48 Å². The predicted molar refractivity (Wildman–Crippen MR) is 54.2 cm³/mol. The van der Waals surface area contributed by atoms with Gasteiger partial charge in [-0.25, -0.2) is 4.79 Å². The Balaban J connectivity index is 0. The van der Waals surface area contributed by atoms with E-state index in [1.807, 2.05) is 0 Å². The molecule has 0 saturated heterocycles. The molecular weight excluding hydrogens is 262 g/mol. The third-order valence-corrected chi connectivity index (χ3v) is 2.11. The van der Waals surface area contributed by atoms with Crippen molar-refractivity contribution in [3.05, 3.63) is 12.2 Å². The van der Waals surface area contributed by atoms with Crippen molar-refractivity contribution in [2.45, 2.75) is 26.2 Å². The summed E-state index contributed by atoms with van der Waals surface area (Å²) in [6.45, 7) is 6.77. The second-order valence-corrected chi connectivity index (χ2v) is 4.28. The molecule has 0 radical (unpaired) electrons. The summed E-state index contributed by atoms with van der Waals surface area (Å²) in [4.78, 5) is 11.3. The topological polar surface area (TPSA) is 46.5 Å². The van der Waals surface area contributed by atoms with Crippen molar-refractivity contribution in [3.8, 4) is 0 Å². The number of halogens is 1. The number of ether oxygens (including phenoxy) is 1. The Labute approximate surface area is 102 Å². The second-order valence-electron chi connectivity index (χ2n) is 4.28. The van der Waals surface area contributed by atoms with Crippen LogP contribution in [0.2, 0.25) is 0 Å². The van der Waals surface area contributed by atoms with E-state index in [2.05, 4.69) is 6.58 Å². The van der Waals surface area contributed by atoms with Gasteiger partial charge in [0.1, 0.15) is 0 Å². The maximum atomic E-state index is 11.3. The number of aliphatic hydroxyl groups is 1. The van der Waals surface area contributed by atoms with E-state index < -0.39 is 11.9 Å². The minimum absolute atomic E-state index is 0. The van der Waals surface area contributed by atoms with Gasteiger partial charge in [-0.15, -0.1) is 0 Å². The molecule has 1 atom stereocenters. The Bertz CT molecular complexity index is 248. The third-order valence-electron chi connectivity index (χ3n) is 2.11. The summed E-state index contributed by atoms with van der Waals surface area (Å²) in [6.07, 6.45) is 0.329. The molecule has 0 heterocycles. The fourth-order valence-corrected chi connectivity index (χ4v) is 0.919. The summed E-state index contributed by atoms with van der Waals surface area (Å²) < 4.78 is 5.14. The molecular formula is C10H20BrNO3. The van der Waals surface area contributed by atoms with Gasteiger partial charge in [-0.05, 0) is 6.92 Å². The molecule has 0 aliphatic rings. The van der Waals surface area contributed by atoms with E-state index in [9.17, 15) is 9.90 Å². The molecule has 0 aromatic carbocycles. The first kappa shape index (κ1) is 17.0. The molecule has 4 nitrogen and oxygen atoms in total. The summed E-state index contributed by atoms with van der Waals surface area (Å²) in [6, 6.07) is 0. The van der Waals surface area contributed by atoms with Gasteiger partial charge in [0.25, 0.3) is 0 Å². The highest BCUT2D eigenvalue weighted by atomic mass is 79.9. The van der Waals surface area contributed by atoms with E-state index in [0.29, 0.717) is 6.42 Å². The zero-order chi connectivity index (χ0) is 11.6. The SMILES string of the molecule is C=C(C)C(=O)OC(O)(CC)[N+](C)(C)C.[Br-]. The number of hydrogen-bond acceptors (Lipinski definition) is 3. The van der Waals surface area contributed by atoms with Gasteiger partial charge < -0.3 is 26.8 Å². The molecule has 15 heavy (non-hydrogen) atoms. The molecule has 0 rings (SSSR count). The number of nitrogens with zero attached hydrogens (tertiary/aromatic N) is 1. The molecule has 90 valence electrons. The van der Waals surface area contributed by atoms with Gasteiger partial charge in [0.05, 0.1) is 27.6 Å². The van der Waals surface area contributed by atoms with Crippen LogP contribution in [0.25, 0.3) is 0 Å². The number of rotatable bonds is 4. The Hall–Kier alpha value is -0.390. The lowest BCUT2D eigenvalue weighted by Gasteiger charge is -2.39. The van der Waals surface area contributed by atoms with Gasteiger partial charge in [-0.1, -0.05) is 13.5 Å². The molecule has 1 N–H and O–H groups in total. The van der Waals surface area contributed by atoms with Crippen LogP contribution in [0, 0.1) is 0 Å². The summed E-state index contributed by atoms with van der Waals surface area (Å²) in [5, 5.41) is 10.1. The third kappa shape index (κ3) is 4.32. The van der Waals surface area contributed by atoms with E-state index in [1.165, 1.54) is 0 Å². The monoisotopic (exact) mass is 281 g/mol. The van der Waals surface area contributed by atoms with Crippen molar-refractivity contribution in [1.82, 2.24) is 0 Å². The minimum atomic E-state index is -1.49. The quantitative estimate of drug-likeness (QED) is 0.277. The lowest BCUT2D eigenvalue weighted by atomic mass is 10.3. The summed E-state index contributed by atoms with van der Waals surface area (Å²) in [7, 11) is 5.28. The molecule has 0 aliphatic carbocycles. The standard InChI is InChI=1S/C10H20NO3.BrH/c1-7-10(13,11(4,5)6)14-9(12)8(2)3;/h13H,2,7H2,1,3-6H3;1H/q+1;/p-1. The first-order chi connectivity index (χ1) is 6.14. The van der Waals surface area contributed by atoms with Crippen molar-refractivity contribution in [2.75, 3.05) is 21.1 Å². The average molecular weight is 282 g/mol. The zero-order valence-electron chi connectivity index (χ0n) is 10.0. The molecule has 0 amide bonds. The fraction of sp³-hybridized carbons (Fsp3) is 0.700. The van der Waals surface area contributed by atoms with Crippen LogP contribution in [-0.4, -0.2) is 42.6 Å². The van der Waals surface area contributed by atoms with Gasteiger partial charge in [0.2, 0.25) is 0 Å². The van der Waals surface area contributed by atoms with Gasteiger partial charge in [0.15, 0.2) is 0 Å². The second kappa shape index (κ2) is 5.63. The molecule has 1 unspecified atom stereocenters. The van der Waals surface area contributed by atoms with E-state index in [4.69, 9.17) is 4.74 Å². The maximum absolute atomic E-state index is 11.3. The highest BCUT2D eigenvalue weighted by Gasteiger charge is 2.43. The molecule has 0 spiro atoms. The molecule has 0 fully saturated rings. The summed E-state index contributed by atoms with van der Waals surface area (Å²) >= 11 is 0. The van der Waals surface area contributed by atoms with Crippen molar-refractivity contribution in [1.29, 1.82) is 0 Å². The summed E-state index contributed by atoms with van der Waals surface area (Å²) in [5.41, 5.74) is 0.283. The predicted octanol–water partition coefficient (Wildman–Crippen LogP) is -2.13. The lowest BCUT2D eigenvalue weighted by Crippen LogP contribution is -3.00. The van der Waals surface area contributed by atoms with E-state index in [-0.39, 0.29) is 27.0 Å². The minimum Gasteiger partial charge on any atom is -1.00 e. The van der Waals surface area contributed by atoms with Crippen molar-refractivity contribution >= 4 is 5.97 Å². The number of esters is 1. The normalized spacial score (nSPS) is 14.8. The van der Waals surface area contributed by atoms with Crippen LogP contribution in [0.15, 0.2) is 12.2 Å². The van der Waals surface area contributed by atoms with Crippen LogP contribution in [0.1, 0.15) is 20.3 Å². The Morgan fingerprint density at radius 1 is 1.47 bits per heavy atom. The molecule has 0 bridgehead atoms. The van der Waals surface area contributed by atoms with Crippen LogP contribution in [-0.2, 0) is 9.53 Å². The number of carbonyl (C=O) groups excluding carboxylic acids is 1. The maximum Gasteiger partial charge on any atom is 0.360 e. The van der Waals surface area contributed by atoms with Crippen molar-refractivity contribution < 1.29 is 36.1 Å². The van der Waals surface area contributed by atoms with Crippen LogP contribution < -0.4 is 17.0 Å². The average Bonchev–Trinajstić information content (AvgIpc) is 2.01. The number of carbonyl (C=O) groups is 1. The molecule has 5 heteroatoms. The van der Waals surface area contributed by atoms with Gasteiger partial charge in [0, 0.05) is 5.57 Å². The van der Waals surface area contributed by atoms with Crippen molar-refractivity contribution in [3.63, 3.8) is 0 Å². The number of hydrogen-bond donors (Lipinski definition) is 1. The fourth-order valence-electron chi connectivity index (χ4n) is 0.919. The summed E-state index contributed by atoms with van der Waals surface area (Å²) in [5.74, 6) is -2.06. The molecule has 0 saturated carbocycles. The lowest BCUT2D eigenvalue weighted by molar-refractivity contribution is -0.976. The van der Waals surface area contributed by atoms with Gasteiger partial charge in [-0.2, -0.15) is 0 Å². The first-order valence-electron chi connectivity index (χ1n) is 4.57. The van der Waals surface area contributed by atoms with Crippen LogP contribution in [0.3, 0.4) is 0 Å². The molecule has 0 aromatic heterocycles. The van der Waals surface area contributed by atoms with E-state index in [0.717, 1.165) is 0 Å². The van der Waals surface area contributed by atoms with E-state index in [1.54, 1.807) is 35.0 Å². The zero-order valence-corrected chi connectivity index (χ0v) is 11.6. The highest BCUT2D eigenvalue weighted by molar-refractivity contribution is 5.87. The Kier molecular flexibility index (Phi) is 6.39. The molecule has 0 aromatic rings. The van der Waals surface area contributed by atoms with E-state index >= 15 is 0 Å². The first-order valence-corrected chi connectivity index (χ1v) is 4.57. The number of quaternary nitrogens is 1.